The van der Waals surface area contributed by atoms with E-state index in [1.807, 2.05) is 11.8 Å². The Labute approximate surface area is 108 Å². The number of carbonyl (C=O) groups excluding carboxylic acids is 2. The molecule has 0 radical (unpaired) electrons. The van der Waals surface area contributed by atoms with Gasteiger partial charge < -0.3 is 14.4 Å². The van der Waals surface area contributed by atoms with E-state index >= 15 is 0 Å². The second kappa shape index (κ2) is 6.29. The summed E-state index contributed by atoms with van der Waals surface area (Å²) in [6.45, 7) is 6.36. The van der Waals surface area contributed by atoms with Crippen LogP contribution in [0.2, 0.25) is 0 Å². The van der Waals surface area contributed by atoms with E-state index in [1.54, 1.807) is 0 Å². The first-order chi connectivity index (χ1) is 8.72. The van der Waals surface area contributed by atoms with Crippen molar-refractivity contribution in [2.24, 2.45) is 5.92 Å². The fraction of sp³-hybridized carbons (Fsp3) is 0.846. The molecule has 2 fully saturated rings. The van der Waals surface area contributed by atoms with E-state index in [0.717, 1.165) is 32.2 Å². The lowest BCUT2D eigenvalue weighted by atomic mass is 9.97. The first-order valence-corrected chi connectivity index (χ1v) is 6.78. The highest BCUT2D eigenvalue weighted by atomic mass is 16.5. The van der Waals surface area contributed by atoms with Crippen LogP contribution < -0.4 is 0 Å². The van der Waals surface area contributed by atoms with Gasteiger partial charge in [0.25, 0.3) is 0 Å². The van der Waals surface area contributed by atoms with Crippen LogP contribution >= 0.6 is 0 Å². The minimum Gasteiger partial charge on any atom is -0.378 e. The van der Waals surface area contributed by atoms with Gasteiger partial charge in [0.2, 0.25) is 5.91 Å². The third-order valence-electron chi connectivity index (χ3n) is 3.99. The fourth-order valence-electron chi connectivity index (χ4n) is 2.65. The molecule has 5 nitrogen and oxygen atoms in total. The van der Waals surface area contributed by atoms with Crippen molar-refractivity contribution < 1.29 is 14.3 Å². The SMILES string of the molecule is CC(C(=O)N1CCOCC1)N1CCC(C=O)CC1. The summed E-state index contributed by atoms with van der Waals surface area (Å²) in [5, 5.41) is 0. The molecule has 1 unspecified atom stereocenters. The average molecular weight is 254 g/mol. The van der Waals surface area contributed by atoms with Crippen molar-refractivity contribution in [3.05, 3.63) is 0 Å². The zero-order valence-corrected chi connectivity index (χ0v) is 11.0. The van der Waals surface area contributed by atoms with Crippen LogP contribution in [0, 0.1) is 5.92 Å². The second-order valence-electron chi connectivity index (χ2n) is 5.12. The van der Waals surface area contributed by atoms with Gasteiger partial charge in [0, 0.05) is 19.0 Å². The van der Waals surface area contributed by atoms with Gasteiger partial charge in [-0.25, -0.2) is 0 Å². The van der Waals surface area contributed by atoms with Gasteiger partial charge >= 0.3 is 0 Å². The maximum Gasteiger partial charge on any atom is 0.239 e. The van der Waals surface area contributed by atoms with Gasteiger partial charge in [-0.1, -0.05) is 0 Å². The molecule has 2 saturated heterocycles. The maximum atomic E-state index is 12.3. The number of amides is 1. The van der Waals surface area contributed by atoms with E-state index in [-0.39, 0.29) is 17.9 Å². The van der Waals surface area contributed by atoms with Gasteiger partial charge in [-0.2, -0.15) is 0 Å². The summed E-state index contributed by atoms with van der Waals surface area (Å²) < 4.78 is 5.26. The quantitative estimate of drug-likeness (QED) is 0.673. The second-order valence-corrected chi connectivity index (χ2v) is 5.12. The fourth-order valence-corrected chi connectivity index (χ4v) is 2.65. The minimum atomic E-state index is -0.0734. The molecule has 5 heteroatoms. The molecule has 0 aromatic rings. The minimum absolute atomic E-state index is 0.0734. The number of carbonyl (C=O) groups is 2. The summed E-state index contributed by atoms with van der Waals surface area (Å²) in [6.07, 6.45) is 2.81. The molecule has 0 spiro atoms. The van der Waals surface area contributed by atoms with Crippen LogP contribution in [-0.4, -0.2) is 67.4 Å². The molecule has 2 aliphatic heterocycles. The first kappa shape index (κ1) is 13.5. The van der Waals surface area contributed by atoms with Crippen LogP contribution in [-0.2, 0) is 14.3 Å². The van der Waals surface area contributed by atoms with Crippen molar-refractivity contribution in [2.45, 2.75) is 25.8 Å². The Hall–Kier alpha value is -0.940. The summed E-state index contributed by atoms with van der Waals surface area (Å²) in [5.74, 6) is 0.384. The Morgan fingerprint density at radius 3 is 2.39 bits per heavy atom. The van der Waals surface area contributed by atoms with Gasteiger partial charge in [-0.3, -0.25) is 9.69 Å². The normalized spacial score (nSPS) is 24.8. The summed E-state index contributed by atoms with van der Waals surface area (Å²) in [6, 6.07) is -0.0734. The molecule has 0 saturated carbocycles. The van der Waals surface area contributed by atoms with Crippen molar-refractivity contribution in [2.75, 3.05) is 39.4 Å². The number of nitrogens with zero attached hydrogens (tertiary/aromatic N) is 2. The molecule has 2 aliphatic rings. The predicted molar refractivity (Wildman–Crippen MR) is 67.2 cm³/mol. The molecule has 1 amide bonds. The zero-order valence-electron chi connectivity index (χ0n) is 11.0. The van der Waals surface area contributed by atoms with Gasteiger partial charge in [0.1, 0.15) is 6.29 Å². The Balaban J connectivity index is 1.84. The third-order valence-corrected chi connectivity index (χ3v) is 3.99. The Kier molecular flexibility index (Phi) is 4.72. The van der Waals surface area contributed by atoms with Crippen molar-refractivity contribution >= 4 is 12.2 Å². The summed E-state index contributed by atoms with van der Waals surface area (Å²) in [5.41, 5.74) is 0. The van der Waals surface area contributed by atoms with E-state index in [0.29, 0.717) is 26.3 Å². The smallest absolute Gasteiger partial charge is 0.239 e. The van der Waals surface area contributed by atoms with Gasteiger partial charge in [0.15, 0.2) is 0 Å². The number of likely N-dealkylation sites (tertiary alicyclic amines) is 1. The number of aldehydes is 1. The molecule has 102 valence electrons. The highest BCUT2D eigenvalue weighted by Gasteiger charge is 2.29. The van der Waals surface area contributed by atoms with Crippen LogP contribution in [0.1, 0.15) is 19.8 Å². The van der Waals surface area contributed by atoms with Crippen molar-refractivity contribution in [3.8, 4) is 0 Å². The zero-order chi connectivity index (χ0) is 13.0. The highest BCUT2D eigenvalue weighted by molar-refractivity contribution is 5.81. The molecule has 2 rings (SSSR count). The summed E-state index contributed by atoms with van der Waals surface area (Å²) >= 11 is 0. The summed E-state index contributed by atoms with van der Waals surface area (Å²) in [4.78, 5) is 27.1. The topological polar surface area (TPSA) is 49.9 Å². The van der Waals surface area contributed by atoms with E-state index in [4.69, 9.17) is 4.74 Å². The van der Waals surface area contributed by atoms with Crippen molar-refractivity contribution in [1.29, 1.82) is 0 Å². The van der Waals surface area contributed by atoms with Crippen LogP contribution in [0.25, 0.3) is 0 Å². The Morgan fingerprint density at radius 1 is 1.22 bits per heavy atom. The van der Waals surface area contributed by atoms with E-state index in [2.05, 4.69) is 4.90 Å². The number of piperidine rings is 1. The number of rotatable bonds is 3. The van der Waals surface area contributed by atoms with Crippen LogP contribution in [0.5, 0.6) is 0 Å². The van der Waals surface area contributed by atoms with Crippen LogP contribution in [0.3, 0.4) is 0 Å². The lowest BCUT2D eigenvalue weighted by Crippen LogP contribution is -2.52. The van der Waals surface area contributed by atoms with Crippen molar-refractivity contribution in [1.82, 2.24) is 9.80 Å². The number of morpholine rings is 1. The molecule has 18 heavy (non-hydrogen) atoms. The Bertz CT molecular complexity index is 295. The van der Waals surface area contributed by atoms with Crippen LogP contribution in [0.4, 0.5) is 0 Å². The van der Waals surface area contributed by atoms with E-state index < -0.39 is 0 Å². The average Bonchev–Trinajstić information content (AvgIpc) is 2.47. The molecule has 1 atom stereocenters. The maximum absolute atomic E-state index is 12.3. The van der Waals surface area contributed by atoms with E-state index in [9.17, 15) is 9.59 Å². The number of hydrogen-bond donors (Lipinski definition) is 0. The third kappa shape index (κ3) is 3.09. The molecule has 2 heterocycles. The van der Waals surface area contributed by atoms with Crippen LogP contribution in [0.15, 0.2) is 0 Å². The largest absolute Gasteiger partial charge is 0.378 e. The number of ether oxygens (including phenoxy) is 1. The first-order valence-electron chi connectivity index (χ1n) is 6.78. The molecule has 0 bridgehead atoms. The molecular weight excluding hydrogens is 232 g/mol. The molecule has 0 N–H and O–H groups in total. The Morgan fingerprint density at radius 2 is 1.83 bits per heavy atom. The van der Waals surface area contributed by atoms with Gasteiger partial charge in [-0.15, -0.1) is 0 Å². The number of hydrogen-bond acceptors (Lipinski definition) is 4. The lowest BCUT2D eigenvalue weighted by Gasteiger charge is -2.37. The van der Waals surface area contributed by atoms with Crippen molar-refractivity contribution in [3.63, 3.8) is 0 Å². The van der Waals surface area contributed by atoms with E-state index in [1.165, 1.54) is 0 Å². The van der Waals surface area contributed by atoms with Gasteiger partial charge in [-0.05, 0) is 32.9 Å². The summed E-state index contributed by atoms with van der Waals surface area (Å²) in [7, 11) is 0. The lowest BCUT2D eigenvalue weighted by molar-refractivity contribution is -0.141. The molecule has 0 aromatic heterocycles. The van der Waals surface area contributed by atoms with Gasteiger partial charge in [0.05, 0.1) is 19.3 Å². The highest BCUT2D eigenvalue weighted by Crippen LogP contribution is 2.18. The standard InChI is InChI=1S/C13H22N2O3/c1-11(13(17)15-6-8-18-9-7-15)14-4-2-12(10-16)3-5-14/h10-12H,2-9H2,1H3. The molecule has 0 aliphatic carbocycles. The molecule has 0 aromatic carbocycles. The monoisotopic (exact) mass is 254 g/mol. The predicted octanol–water partition coefficient (Wildman–Crippen LogP) is 0.145. The molecular formula is C13H22N2O3.